The number of hydrogen-bond donors (Lipinski definition) is 3. The number of thiazole rings is 1. The zero-order valence-electron chi connectivity index (χ0n) is 11.2. The maximum atomic E-state index is 11.6. The predicted octanol–water partition coefficient (Wildman–Crippen LogP) is 1.83. The van der Waals surface area contributed by atoms with Crippen LogP contribution in [0.4, 0.5) is 4.79 Å². The Morgan fingerprint density at radius 2 is 2.05 bits per heavy atom. The lowest BCUT2D eigenvalue weighted by Crippen LogP contribution is -2.38. The van der Waals surface area contributed by atoms with Crippen LogP contribution in [0.1, 0.15) is 30.6 Å². The minimum atomic E-state index is -0.696. The molecule has 0 aromatic carbocycles. The highest BCUT2D eigenvalue weighted by Crippen LogP contribution is 2.28. The molecule has 3 N–H and O–H groups in total. The number of carbonyl (C=O) groups excluding carboxylic acids is 1. The Balaban J connectivity index is 1.61. The standard InChI is InChI=1S/C13H19N3O3S/c17-12(18)10-3-1-9(2-4-10)5-15-13(19)16-7-11-6-14-8-20-11/h6,8-10H,1-5,7H2,(H,17,18)(H2,15,16,19). The first-order valence-electron chi connectivity index (χ1n) is 6.77. The van der Waals surface area contributed by atoms with Gasteiger partial charge in [0.25, 0.3) is 0 Å². The maximum absolute atomic E-state index is 11.6. The molecule has 0 atom stereocenters. The second kappa shape index (κ2) is 7.23. The fraction of sp³-hybridized carbons (Fsp3) is 0.615. The summed E-state index contributed by atoms with van der Waals surface area (Å²) in [6, 6.07) is -0.182. The number of carboxylic acid groups (broad SMARTS) is 1. The quantitative estimate of drug-likeness (QED) is 0.773. The molecule has 0 radical (unpaired) electrons. The number of aromatic nitrogens is 1. The molecule has 110 valence electrons. The van der Waals surface area contributed by atoms with Crippen molar-refractivity contribution >= 4 is 23.3 Å². The summed E-state index contributed by atoms with van der Waals surface area (Å²) in [5.41, 5.74) is 1.73. The average molecular weight is 297 g/mol. The Bertz CT molecular complexity index is 442. The van der Waals surface area contributed by atoms with Crippen molar-refractivity contribution in [1.29, 1.82) is 0 Å². The van der Waals surface area contributed by atoms with Crippen molar-refractivity contribution in [2.24, 2.45) is 11.8 Å². The van der Waals surface area contributed by atoms with Gasteiger partial charge in [0.05, 0.1) is 18.0 Å². The monoisotopic (exact) mass is 297 g/mol. The number of amides is 2. The van der Waals surface area contributed by atoms with Gasteiger partial charge in [0.2, 0.25) is 0 Å². The van der Waals surface area contributed by atoms with Gasteiger partial charge in [0, 0.05) is 17.6 Å². The van der Waals surface area contributed by atoms with E-state index in [4.69, 9.17) is 5.11 Å². The van der Waals surface area contributed by atoms with Gasteiger partial charge in [-0.15, -0.1) is 11.3 Å². The van der Waals surface area contributed by atoms with E-state index in [0.29, 0.717) is 31.8 Å². The average Bonchev–Trinajstić information content (AvgIpc) is 2.96. The number of nitrogens with one attached hydrogen (secondary N) is 2. The molecule has 2 rings (SSSR count). The van der Waals surface area contributed by atoms with Gasteiger partial charge in [-0.25, -0.2) is 4.79 Å². The Morgan fingerprint density at radius 3 is 2.65 bits per heavy atom. The van der Waals surface area contributed by atoms with Crippen molar-refractivity contribution in [3.05, 3.63) is 16.6 Å². The highest BCUT2D eigenvalue weighted by atomic mass is 32.1. The molecule has 0 saturated heterocycles. The summed E-state index contributed by atoms with van der Waals surface area (Å²) in [5.74, 6) is -0.509. The first-order chi connectivity index (χ1) is 9.65. The van der Waals surface area contributed by atoms with Crippen LogP contribution in [-0.4, -0.2) is 28.6 Å². The summed E-state index contributed by atoms with van der Waals surface area (Å²) >= 11 is 1.50. The van der Waals surface area contributed by atoms with E-state index in [2.05, 4.69) is 15.6 Å². The fourth-order valence-corrected chi connectivity index (χ4v) is 2.94. The van der Waals surface area contributed by atoms with Crippen LogP contribution in [0.3, 0.4) is 0 Å². The SMILES string of the molecule is O=C(NCc1cncs1)NCC1CCC(C(=O)O)CC1. The zero-order valence-corrected chi connectivity index (χ0v) is 12.0. The highest BCUT2D eigenvalue weighted by Gasteiger charge is 2.25. The van der Waals surface area contributed by atoms with E-state index in [1.54, 1.807) is 11.7 Å². The lowest BCUT2D eigenvalue weighted by Gasteiger charge is -2.26. The third-order valence-corrected chi connectivity index (χ3v) is 4.43. The Hall–Kier alpha value is -1.63. The number of urea groups is 1. The smallest absolute Gasteiger partial charge is 0.315 e. The van der Waals surface area contributed by atoms with Crippen LogP contribution in [0.2, 0.25) is 0 Å². The van der Waals surface area contributed by atoms with Gasteiger partial charge in [0.1, 0.15) is 0 Å². The molecule has 1 aromatic rings. The highest BCUT2D eigenvalue weighted by molar-refractivity contribution is 7.09. The molecule has 1 aliphatic carbocycles. The molecule has 1 heterocycles. The summed E-state index contributed by atoms with van der Waals surface area (Å²) in [7, 11) is 0. The first kappa shape index (κ1) is 14.8. The van der Waals surface area contributed by atoms with E-state index in [-0.39, 0.29) is 11.9 Å². The van der Waals surface area contributed by atoms with Crippen molar-refractivity contribution in [3.8, 4) is 0 Å². The molecule has 2 amide bonds. The lowest BCUT2D eigenvalue weighted by atomic mass is 9.82. The van der Waals surface area contributed by atoms with Gasteiger partial charge >= 0.3 is 12.0 Å². The van der Waals surface area contributed by atoms with Crippen molar-refractivity contribution in [2.75, 3.05) is 6.54 Å². The maximum Gasteiger partial charge on any atom is 0.315 e. The van der Waals surface area contributed by atoms with Crippen LogP contribution >= 0.6 is 11.3 Å². The van der Waals surface area contributed by atoms with Crippen molar-refractivity contribution < 1.29 is 14.7 Å². The van der Waals surface area contributed by atoms with E-state index >= 15 is 0 Å². The third kappa shape index (κ3) is 4.48. The van der Waals surface area contributed by atoms with Gasteiger partial charge in [0.15, 0.2) is 0 Å². The summed E-state index contributed by atoms with van der Waals surface area (Å²) in [6.07, 6.45) is 4.89. The number of nitrogens with zero attached hydrogens (tertiary/aromatic N) is 1. The van der Waals surface area contributed by atoms with Crippen LogP contribution in [0.15, 0.2) is 11.7 Å². The summed E-state index contributed by atoms with van der Waals surface area (Å²) in [6.45, 7) is 1.10. The Morgan fingerprint density at radius 1 is 1.30 bits per heavy atom. The summed E-state index contributed by atoms with van der Waals surface area (Å²) < 4.78 is 0. The largest absolute Gasteiger partial charge is 0.481 e. The number of carbonyl (C=O) groups is 2. The molecule has 0 bridgehead atoms. The van der Waals surface area contributed by atoms with E-state index < -0.39 is 5.97 Å². The number of rotatable bonds is 5. The summed E-state index contributed by atoms with van der Waals surface area (Å²) in [4.78, 5) is 27.4. The number of hydrogen-bond acceptors (Lipinski definition) is 4. The van der Waals surface area contributed by atoms with Crippen LogP contribution < -0.4 is 10.6 Å². The Labute approximate surface area is 121 Å². The normalized spacial score (nSPS) is 22.2. The molecule has 6 nitrogen and oxygen atoms in total. The number of carboxylic acids is 1. The van der Waals surface area contributed by atoms with Crippen LogP contribution in [0, 0.1) is 11.8 Å². The molecule has 7 heteroatoms. The molecule has 20 heavy (non-hydrogen) atoms. The lowest BCUT2D eigenvalue weighted by molar-refractivity contribution is -0.143. The molecule has 0 spiro atoms. The Kier molecular flexibility index (Phi) is 5.34. The first-order valence-corrected chi connectivity index (χ1v) is 7.65. The van der Waals surface area contributed by atoms with E-state index in [1.807, 2.05) is 0 Å². The van der Waals surface area contributed by atoms with Gasteiger partial charge in [-0.1, -0.05) is 0 Å². The molecular weight excluding hydrogens is 278 g/mol. The minimum Gasteiger partial charge on any atom is -0.481 e. The van der Waals surface area contributed by atoms with Crippen molar-refractivity contribution in [3.63, 3.8) is 0 Å². The zero-order chi connectivity index (χ0) is 14.4. The van der Waals surface area contributed by atoms with Gasteiger partial charge < -0.3 is 15.7 Å². The van der Waals surface area contributed by atoms with E-state index in [1.165, 1.54) is 11.3 Å². The molecule has 0 aliphatic heterocycles. The van der Waals surface area contributed by atoms with E-state index in [0.717, 1.165) is 17.7 Å². The minimum absolute atomic E-state index is 0.182. The second-order valence-electron chi connectivity index (χ2n) is 5.09. The third-order valence-electron chi connectivity index (χ3n) is 3.65. The number of aliphatic carboxylic acids is 1. The topological polar surface area (TPSA) is 91.3 Å². The molecule has 1 aromatic heterocycles. The van der Waals surface area contributed by atoms with Gasteiger partial charge in [-0.2, -0.15) is 0 Å². The predicted molar refractivity (Wildman–Crippen MR) is 75.4 cm³/mol. The van der Waals surface area contributed by atoms with Gasteiger partial charge in [-0.3, -0.25) is 9.78 Å². The fourth-order valence-electron chi connectivity index (χ4n) is 2.41. The van der Waals surface area contributed by atoms with Gasteiger partial charge in [-0.05, 0) is 31.6 Å². The molecular formula is C13H19N3O3S. The molecule has 1 saturated carbocycles. The van der Waals surface area contributed by atoms with Crippen LogP contribution in [0.25, 0.3) is 0 Å². The molecule has 1 fully saturated rings. The van der Waals surface area contributed by atoms with Crippen molar-refractivity contribution in [2.45, 2.75) is 32.2 Å². The molecule has 0 unspecified atom stereocenters. The second-order valence-corrected chi connectivity index (χ2v) is 6.06. The van der Waals surface area contributed by atoms with Crippen LogP contribution in [-0.2, 0) is 11.3 Å². The van der Waals surface area contributed by atoms with Crippen molar-refractivity contribution in [1.82, 2.24) is 15.6 Å². The van der Waals surface area contributed by atoms with E-state index in [9.17, 15) is 9.59 Å². The summed E-state index contributed by atoms with van der Waals surface area (Å²) in [5, 5.41) is 14.5. The molecule has 1 aliphatic rings. The van der Waals surface area contributed by atoms with Crippen LogP contribution in [0.5, 0.6) is 0 Å².